The summed E-state index contributed by atoms with van der Waals surface area (Å²) in [6, 6.07) is 17.7. The minimum atomic E-state index is -1.20. The molecule has 0 unspecified atom stereocenters. The summed E-state index contributed by atoms with van der Waals surface area (Å²) >= 11 is 5.65. The lowest BCUT2D eigenvalue weighted by Gasteiger charge is -2.19. The molecule has 0 radical (unpaired) electrons. The number of aliphatic carboxylic acids is 1. The highest BCUT2D eigenvalue weighted by molar-refractivity contribution is 6.31. The zero-order valence-electron chi connectivity index (χ0n) is 22.9. The fraction of sp³-hybridized carbons (Fsp3) is 0.172. The average Bonchev–Trinajstić information content (AvgIpc) is 3.48. The first-order chi connectivity index (χ1) is 19.9. The predicted octanol–water partition coefficient (Wildman–Crippen LogP) is 4.83. The zero-order chi connectivity index (χ0) is 30.9. The Kier molecular flexibility index (Phi) is 10.6. The maximum atomic E-state index is 13.8. The van der Waals surface area contributed by atoms with Crippen LogP contribution in [0.2, 0.25) is 5.02 Å². The van der Waals surface area contributed by atoms with E-state index in [0.717, 1.165) is 17.7 Å². The van der Waals surface area contributed by atoms with Crippen LogP contribution in [0, 0.1) is 5.82 Å². The third-order valence-corrected chi connectivity index (χ3v) is 5.62. The van der Waals surface area contributed by atoms with Crippen molar-refractivity contribution < 1.29 is 28.6 Å². The van der Waals surface area contributed by atoms with Crippen molar-refractivity contribution in [2.24, 2.45) is 5.73 Å². The number of carboxylic acid groups (broad SMARTS) is 1. The molecule has 0 saturated carbocycles. The van der Waals surface area contributed by atoms with Crippen LogP contribution in [0.5, 0.6) is 0 Å². The number of anilines is 1. The van der Waals surface area contributed by atoms with E-state index in [-0.39, 0.29) is 16.5 Å². The molecule has 0 saturated heterocycles. The van der Waals surface area contributed by atoms with Gasteiger partial charge in [-0.1, -0.05) is 41.9 Å². The van der Waals surface area contributed by atoms with Gasteiger partial charge in [0.25, 0.3) is 0 Å². The number of halogens is 2. The number of nitrogens with one attached hydrogen (secondary N) is 1. The van der Waals surface area contributed by atoms with Crippen molar-refractivity contribution in [1.29, 1.82) is 0 Å². The largest absolute Gasteiger partial charge is 0.478 e. The summed E-state index contributed by atoms with van der Waals surface area (Å²) in [6.07, 6.45) is 3.17. The number of amides is 1. The first-order valence-corrected chi connectivity index (χ1v) is 12.8. The van der Waals surface area contributed by atoms with E-state index in [4.69, 9.17) is 27.2 Å². The molecule has 4 aromatic rings. The number of hydrogen-bond donors (Lipinski definition) is 3. The lowest BCUT2D eigenvalue weighted by atomic mass is 10.1. The number of carbonyl (C=O) groups is 3. The molecule has 1 aromatic heterocycles. The van der Waals surface area contributed by atoms with Crippen molar-refractivity contribution in [1.82, 2.24) is 20.2 Å². The molecule has 0 fully saturated rings. The second-order valence-corrected chi connectivity index (χ2v) is 10.1. The molecule has 0 aliphatic carbocycles. The van der Waals surface area contributed by atoms with Gasteiger partial charge in [0.1, 0.15) is 18.0 Å². The quantitative estimate of drug-likeness (QED) is 0.201. The van der Waals surface area contributed by atoms with Crippen molar-refractivity contribution in [3.8, 4) is 5.69 Å². The van der Waals surface area contributed by atoms with Crippen LogP contribution in [0.25, 0.3) is 11.8 Å². The summed E-state index contributed by atoms with van der Waals surface area (Å²) in [5.74, 6) is -2.65. The van der Waals surface area contributed by atoms with Crippen molar-refractivity contribution >= 4 is 41.2 Å². The van der Waals surface area contributed by atoms with Crippen LogP contribution < -0.4 is 11.1 Å². The van der Waals surface area contributed by atoms with Gasteiger partial charge in [-0.2, -0.15) is 4.68 Å². The number of tetrazole rings is 1. The summed E-state index contributed by atoms with van der Waals surface area (Å²) in [7, 11) is 0. The molecule has 0 bridgehead atoms. The molecular formula is C29H28ClFN6O5. The first-order valence-electron chi connectivity index (χ1n) is 12.4. The fourth-order valence-corrected chi connectivity index (χ4v) is 3.56. The van der Waals surface area contributed by atoms with Crippen LogP contribution in [0.1, 0.15) is 48.3 Å². The third kappa shape index (κ3) is 9.04. The normalized spacial score (nSPS) is 11.8. The van der Waals surface area contributed by atoms with Crippen LogP contribution in [-0.2, 0) is 14.3 Å². The van der Waals surface area contributed by atoms with Crippen LogP contribution in [0.15, 0.2) is 79.1 Å². The van der Waals surface area contributed by atoms with Crippen LogP contribution in [0.3, 0.4) is 0 Å². The molecule has 1 heterocycles. The van der Waals surface area contributed by atoms with E-state index in [2.05, 4.69) is 20.8 Å². The van der Waals surface area contributed by atoms with Gasteiger partial charge in [0.05, 0.1) is 16.3 Å². The van der Waals surface area contributed by atoms with E-state index in [1.54, 1.807) is 36.4 Å². The minimum Gasteiger partial charge on any atom is -0.478 e. The molecule has 1 amide bonds. The molecular weight excluding hydrogens is 567 g/mol. The molecule has 1 atom stereocenters. The minimum absolute atomic E-state index is 0.00259. The van der Waals surface area contributed by atoms with Crippen LogP contribution in [0.4, 0.5) is 10.1 Å². The molecule has 13 heteroatoms. The number of nitrogens with zero attached hydrogens (tertiary/aromatic N) is 4. The van der Waals surface area contributed by atoms with Crippen molar-refractivity contribution in [2.75, 3.05) is 5.32 Å². The Labute approximate surface area is 245 Å². The monoisotopic (exact) mass is 594 g/mol. The number of ether oxygens (including phenoxy) is 1. The molecule has 11 nitrogen and oxygen atoms in total. The lowest BCUT2D eigenvalue weighted by Crippen LogP contribution is -2.27. The van der Waals surface area contributed by atoms with Gasteiger partial charge < -0.3 is 20.9 Å². The molecule has 0 aliphatic rings. The smallest absolute Gasteiger partial charge is 0.338 e. The fourth-order valence-electron chi connectivity index (χ4n) is 3.40. The Morgan fingerprint density at radius 3 is 2.31 bits per heavy atom. The van der Waals surface area contributed by atoms with Gasteiger partial charge in [-0.05, 0) is 79.2 Å². The van der Waals surface area contributed by atoms with Crippen molar-refractivity contribution in [2.45, 2.75) is 32.4 Å². The molecule has 4 N–H and O–H groups in total. The third-order valence-electron chi connectivity index (χ3n) is 5.33. The highest BCUT2D eigenvalue weighted by Gasteiger charge is 2.19. The SMILES string of the molecule is CC(C)(C)OC(=O)c1ccc(NC(=O)[C@@H](N)c2ccccc2)cc1.O=C(O)C=Cc1c(-n2cnnn2)ccc(Cl)c1F. The predicted molar refractivity (Wildman–Crippen MR) is 154 cm³/mol. The summed E-state index contributed by atoms with van der Waals surface area (Å²) < 4.78 is 20.4. The second kappa shape index (κ2) is 14.1. The zero-order valence-corrected chi connectivity index (χ0v) is 23.6. The van der Waals surface area contributed by atoms with Gasteiger partial charge in [0, 0.05) is 17.3 Å². The Bertz CT molecular complexity index is 1560. The number of nitrogens with two attached hydrogens (primary N) is 1. The number of hydrogen-bond acceptors (Lipinski definition) is 8. The van der Waals surface area contributed by atoms with Crippen molar-refractivity contribution in [3.05, 3.63) is 107 Å². The summed E-state index contributed by atoms with van der Waals surface area (Å²) in [6.45, 7) is 5.43. The van der Waals surface area contributed by atoms with E-state index in [9.17, 15) is 18.8 Å². The molecule has 0 spiro atoms. The first kappa shape index (κ1) is 31.6. The molecule has 3 aromatic carbocycles. The number of benzene rings is 3. The Balaban J connectivity index is 0.000000240. The van der Waals surface area contributed by atoms with Gasteiger partial charge in [-0.25, -0.2) is 14.0 Å². The molecule has 42 heavy (non-hydrogen) atoms. The average molecular weight is 595 g/mol. The van der Waals surface area contributed by atoms with E-state index in [0.29, 0.717) is 16.9 Å². The number of carbonyl (C=O) groups excluding carboxylic acids is 2. The Hall–Kier alpha value is -4.94. The molecule has 0 aliphatic heterocycles. The van der Waals surface area contributed by atoms with Crippen molar-refractivity contribution in [3.63, 3.8) is 0 Å². The summed E-state index contributed by atoms with van der Waals surface area (Å²) in [5, 5.41) is 21.6. The highest BCUT2D eigenvalue weighted by atomic mass is 35.5. The lowest BCUT2D eigenvalue weighted by molar-refractivity contribution is -0.131. The van der Waals surface area contributed by atoms with Gasteiger partial charge in [0.15, 0.2) is 5.82 Å². The van der Waals surface area contributed by atoms with E-state index in [1.807, 2.05) is 39.0 Å². The van der Waals surface area contributed by atoms with E-state index < -0.39 is 29.4 Å². The number of rotatable bonds is 7. The second-order valence-electron chi connectivity index (χ2n) is 9.68. The summed E-state index contributed by atoms with van der Waals surface area (Å²) in [4.78, 5) is 34.6. The Morgan fingerprint density at radius 2 is 1.74 bits per heavy atom. The van der Waals surface area contributed by atoms with E-state index in [1.165, 1.54) is 23.1 Å². The maximum absolute atomic E-state index is 13.8. The maximum Gasteiger partial charge on any atom is 0.338 e. The number of carboxylic acids is 1. The van der Waals surface area contributed by atoms with Crippen LogP contribution in [-0.4, -0.2) is 48.8 Å². The van der Waals surface area contributed by atoms with Gasteiger partial charge >= 0.3 is 11.9 Å². The van der Waals surface area contributed by atoms with Gasteiger partial charge in [-0.15, -0.1) is 5.10 Å². The Morgan fingerprint density at radius 1 is 1.07 bits per heavy atom. The number of esters is 1. The number of aromatic nitrogens is 4. The molecule has 4 rings (SSSR count). The highest BCUT2D eigenvalue weighted by Crippen LogP contribution is 2.25. The topological polar surface area (TPSA) is 162 Å². The van der Waals surface area contributed by atoms with E-state index >= 15 is 0 Å². The summed E-state index contributed by atoms with van der Waals surface area (Å²) in [5.41, 5.74) is 7.42. The molecule has 218 valence electrons. The van der Waals surface area contributed by atoms with Crippen LogP contribution >= 0.6 is 11.6 Å². The standard InChI is InChI=1S/C19H22N2O3.C10H6ClFN4O2/c1-19(2,3)24-18(23)14-9-11-15(12-10-14)21-17(22)16(20)13-7-5-4-6-8-13;11-7-2-3-8(16-5-13-14-15-16)6(10(7)12)1-4-9(17)18/h4-12,16H,20H2,1-3H3,(H,21,22);1-5H,(H,17,18)/t16-;/m0./s1. The van der Waals surface area contributed by atoms with Gasteiger partial charge in [-0.3, -0.25) is 4.79 Å². The van der Waals surface area contributed by atoms with Gasteiger partial charge in [0.2, 0.25) is 5.91 Å².